The average Bonchev–Trinajstić information content (AvgIpc) is 2.29. The molecule has 0 bridgehead atoms. The zero-order chi connectivity index (χ0) is 11.1. The highest BCUT2D eigenvalue weighted by molar-refractivity contribution is 5.31. The molecule has 15 heavy (non-hydrogen) atoms. The quantitative estimate of drug-likeness (QED) is 0.748. The first kappa shape index (κ1) is 11.9. The standard InChI is InChI=1S/C11H19N3O/c1-3-9(4-2)10(15)7-13-11-5-6-12-8-14-11/h5-6,8-10,15H,3-4,7H2,1-2H3,(H,12,13,14). The molecular formula is C11H19N3O. The minimum absolute atomic E-state index is 0.310. The minimum Gasteiger partial charge on any atom is -0.391 e. The summed E-state index contributed by atoms with van der Waals surface area (Å²) in [5.74, 6) is 1.12. The Balaban J connectivity index is 2.36. The van der Waals surface area contributed by atoms with Gasteiger partial charge >= 0.3 is 0 Å². The Labute approximate surface area is 90.8 Å². The number of hydrogen-bond acceptors (Lipinski definition) is 4. The molecule has 0 saturated carbocycles. The predicted octanol–water partition coefficient (Wildman–Crippen LogP) is 1.69. The third-order valence-electron chi connectivity index (χ3n) is 2.67. The summed E-state index contributed by atoms with van der Waals surface area (Å²) < 4.78 is 0. The zero-order valence-electron chi connectivity index (χ0n) is 9.35. The zero-order valence-corrected chi connectivity index (χ0v) is 9.35. The Morgan fingerprint density at radius 1 is 1.40 bits per heavy atom. The molecule has 0 spiro atoms. The highest BCUT2D eigenvalue weighted by Gasteiger charge is 2.14. The van der Waals surface area contributed by atoms with Crippen LogP contribution in [0.25, 0.3) is 0 Å². The van der Waals surface area contributed by atoms with Crippen LogP contribution >= 0.6 is 0 Å². The molecule has 0 radical (unpaired) electrons. The number of aliphatic hydroxyl groups excluding tert-OH is 1. The maximum atomic E-state index is 9.86. The van der Waals surface area contributed by atoms with Crippen molar-refractivity contribution in [2.45, 2.75) is 32.8 Å². The van der Waals surface area contributed by atoms with Crippen LogP contribution in [-0.2, 0) is 0 Å². The van der Waals surface area contributed by atoms with Crippen LogP contribution in [0.5, 0.6) is 0 Å². The van der Waals surface area contributed by atoms with Crippen molar-refractivity contribution in [2.24, 2.45) is 5.92 Å². The molecule has 4 heteroatoms. The summed E-state index contributed by atoms with van der Waals surface area (Å²) in [6.07, 6.45) is 4.87. The summed E-state index contributed by atoms with van der Waals surface area (Å²) in [4.78, 5) is 7.85. The van der Waals surface area contributed by atoms with Crippen molar-refractivity contribution in [1.29, 1.82) is 0 Å². The van der Waals surface area contributed by atoms with Crippen LogP contribution in [0.3, 0.4) is 0 Å². The first-order valence-electron chi connectivity index (χ1n) is 5.45. The number of anilines is 1. The third-order valence-corrected chi connectivity index (χ3v) is 2.67. The molecule has 0 aliphatic rings. The monoisotopic (exact) mass is 209 g/mol. The normalized spacial score (nSPS) is 12.8. The van der Waals surface area contributed by atoms with Gasteiger partial charge in [0.05, 0.1) is 6.10 Å². The molecule has 0 amide bonds. The van der Waals surface area contributed by atoms with Gasteiger partial charge in [0.2, 0.25) is 0 Å². The van der Waals surface area contributed by atoms with E-state index in [1.54, 1.807) is 12.3 Å². The van der Waals surface area contributed by atoms with Crippen LogP contribution in [0.15, 0.2) is 18.6 Å². The van der Waals surface area contributed by atoms with Crippen molar-refractivity contribution in [3.63, 3.8) is 0 Å². The summed E-state index contributed by atoms with van der Waals surface area (Å²) >= 11 is 0. The maximum Gasteiger partial charge on any atom is 0.129 e. The Kier molecular flexibility index (Phi) is 5.04. The van der Waals surface area contributed by atoms with Crippen molar-refractivity contribution in [3.8, 4) is 0 Å². The first-order valence-corrected chi connectivity index (χ1v) is 5.45. The number of rotatable bonds is 6. The van der Waals surface area contributed by atoms with Gasteiger partial charge in [0, 0.05) is 12.7 Å². The van der Waals surface area contributed by atoms with Gasteiger partial charge in [0.25, 0.3) is 0 Å². The Morgan fingerprint density at radius 2 is 2.13 bits per heavy atom. The van der Waals surface area contributed by atoms with Crippen molar-refractivity contribution in [3.05, 3.63) is 18.6 Å². The van der Waals surface area contributed by atoms with E-state index >= 15 is 0 Å². The van der Waals surface area contributed by atoms with E-state index in [9.17, 15) is 5.11 Å². The predicted molar refractivity (Wildman–Crippen MR) is 60.6 cm³/mol. The van der Waals surface area contributed by atoms with E-state index in [1.165, 1.54) is 6.33 Å². The smallest absolute Gasteiger partial charge is 0.129 e. The highest BCUT2D eigenvalue weighted by atomic mass is 16.3. The van der Waals surface area contributed by atoms with Gasteiger partial charge in [-0.2, -0.15) is 0 Å². The lowest BCUT2D eigenvalue weighted by molar-refractivity contribution is 0.114. The van der Waals surface area contributed by atoms with E-state index in [2.05, 4.69) is 29.1 Å². The summed E-state index contributed by atoms with van der Waals surface area (Å²) in [5.41, 5.74) is 0. The molecule has 4 nitrogen and oxygen atoms in total. The van der Waals surface area contributed by atoms with Crippen molar-refractivity contribution in [2.75, 3.05) is 11.9 Å². The second kappa shape index (κ2) is 6.35. The fourth-order valence-electron chi connectivity index (χ4n) is 1.60. The number of aromatic nitrogens is 2. The molecule has 1 unspecified atom stereocenters. The van der Waals surface area contributed by atoms with Crippen LogP contribution in [0.2, 0.25) is 0 Å². The summed E-state index contributed by atoms with van der Waals surface area (Å²) in [6, 6.07) is 1.79. The van der Waals surface area contributed by atoms with Gasteiger partial charge in [-0.15, -0.1) is 0 Å². The first-order chi connectivity index (χ1) is 7.27. The van der Waals surface area contributed by atoms with E-state index in [0.717, 1.165) is 18.7 Å². The lowest BCUT2D eigenvalue weighted by Gasteiger charge is -2.20. The molecular weight excluding hydrogens is 190 g/mol. The summed E-state index contributed by atoms with van der Waals surface area (Å²) in [6.45, 7) is 4.74. The number of aliphatic hydroxyl groups is 1. The van der Waals surface area contributed by atoms with Crippen LogP contribution < -0.4 is 5.32 Å². The van der Waals surface area contributed by atoms with Gasteiger partial charge in [-0.1, -0.05) is 26.7 Å². The molecule has 0 saturated heterocycles. The van der Waals surface area contributed by atoms with E-state index < -0.39 is 0 Å². The van der Waals surface area contributed by atoms with E-state index in [4.69, 9.17) is 0 Å². The molecule has 2 N–H and O–H groups in total. The highest BCUT2D eigenvalue weighted by Crippen LogP contribution is 2.13. The lowest BCUT2D eigenvalue weighted by atomic mass is 9.97. The summed E-state index contributed by atoms with van der Waals surface area (Å²) in [5, 5.41) is 13.0. The van der Waals surface area contributed by atoms with Gasteiger partial charge in [-0.3, -0.25) is 0 Å². The maximum absolute atomic E-state index is 9.86. The molecule has 0 aromatic carbocycles. The van der Waals surface area contributed by atoms with Gasteiger partial charge in [-0.25, -0.2) is 9.97 Å². The molecule has 1 heterocycles. The molecule has 0 aliphatic heterocycles. The van der Waals surface area contributed by atoms with Crippen LogP contribution in [0.1, 0.15) is 26.7 Å². The molecule has 1 rings (SSSR count). The molecule has 84 valence electrons. The Bertz CT molecular complexity index is 262. The largest absolute Gasteiger partial charge is 0.391 e. The average molecular weight is 209 g/mol. The fraction of sp³-hybridized carbons (Fsp3) is 0.636. The Hall–Kier alpha value is -1.16. The molecule has 1 atom stereocenters. The second-order valence-corrected chi connectivity index (χ2v) is 3.62. The fourth-order valence-corrected chi connectivity index (χ4v) is 1.60. The lowest BCUT2D eigenvalue weighted by Crippen LogP contribution is -2.27. The van der Waals surface area contributed by atoms with Crippen molar-refractivity contribution < 1.29 is 5.11 Å². The topological polar surface area (TPSA) is 58.0 Å². The van der Waals surface area contributed by atoms with Crippen molar-refractivity contribution in [1.82, 2.24) is 9.97 Å². The van der Waals surface area contributed by atoms with E-state index in [-0.39, 0.29) is 6.10 Å². The molecule has 1 aromatic rings. The van der Waals surface area contributed by atoms with Gasteiger partial charge < -0.3 is 10.4 Å². The third kappa shape index (κ3) is 3.83. The van der Waals surface area contributed by atoms with E-state index in [0.29, 0.717) is 12.5 Å². The molecule has 1 aromatic heterocycles. The van der Waals surface area contributed by atoms with Crippen LogP contribution in [0.4, 0.5) is 5.82 Å². The Morgan fingerprint density at radius 3 is 2.67 bits per heavy atom. The number of hydrogen-bond donors (Lipinski definition) is 2. The van der Waals surface area contributed by atoms with Gasteiger partial charge in [0.15, 0.2) is 0 Å². The minimum atomic E-state index is -0.310. The number of nitrogens with one attached hydrogen (secondary N) is 1. The van der Waals surface area contributed by atoms with Crippen LogP contribution in [0, 0.1) is 5.92 Å². The number of nitrogens with zero attached hydrogens (tertiary/aromatic N) is 2. The molecule has 0 aliphatic carbocycles. The van der Waals surface area contributed by atoms with E-state index in [1.807, 2.05) is 0 Å². The second-order valence-electron chi connectivity index (χ2n) is 3.62. The van der Waals surface area contributed by atoms with Gasteiger partial charge in [-0.05, 0) is 12.0 Å². The van der Waals surface area contributed by atoms with Crippen molar-refractivity contribution >= 4 is 5.82 Å². The molecule has 0 fully saturated rings. The van der Waals surface area contributed by atoms with Gasteiger partial charge in [0.1, 0.15) is 12.1 Å². The summed E-state index contributed by atoms with van der Waals surface area (Å²) in [7, 11) is 0. The SMILES string of the molecule is CCC(CC)C(O)CNc1ccncn1. The van der Waals surface area contributed by atoms with Crippen LogP contribution in [-0.4, -0.2) is 27.7 Å².